The van der Waals surface area contributed by atoms with Crippen LogP contribution in [-0.4, -0.2) is 18.9 Å². The Hall–Kier alpha value is -0.570. The predicted molar refractivity (Wildman–Crippen MR) is 58.3 cm³/mol. The first-order chi connectivity index (χ1) is 6.91. The van der Waals surface area contributed by atoms with Gasteiger partial charge in [-0.2, -0.15) is 0 Å². The molecule has 0 amide bonds. The van der Waals surface area contributed by atoms with Crippen LogP contribution < -0.4 is 0 Å². The summed E-state index contributed by atoms with van der Waals surface area (Å²) in [5, 5.41) is 0. The van der Waals surface area contributed by atoms with Crippen molar-refractivity contribution in [2.75, 3.05) is 6.61 Å². The van der Waals surface area contributed by atoms with Crippen LogP contribution in [0.1, 0.15) is 47.0 Å². The molecule has 1 saturated heterocycles. The molecule has 3 heteroatoms. The molecule has 1 fully saturated rings. The summed E-state index contributed by atoms with van der Waals surface area (Å²) < 4.78 is 10.7. The van der Waals surface area contributed by atoms with Crippen molar-refractivity contribution in [2.45, 2.75) is 53.2 Å². The Balaban J connectivity index is 2.40. The van der Waals surface area contributed by atoms with E-state index in [-0.39, 0.29) is 23.6 Å². The van der Waals surface area contributed by atoms with Crippen molar-refractivity contribution in [3.05, 3.63) is 0 Å². The topological polar surface area (TPSA) is 35.5 Å². The normalized spacial score (nSPS) is 24.7. The quantitative estimate of drug-likeness (QED) is 0.663. The Bertz CT molecular complexity index is 211. The highest BCUT2D eigenvalue weighted by Gasteiger charge is 2.30. The molecule has 2 atom stereocenters. The van der Waals surface area contributed by atoms with Crippen LogP contribution in [-0.2, 0) is 14.3 Å². The summed E-state index contributed by atoms with van der Waals surface area (Å²) in [5.74, 6) is -0.238. The maximum atomic E-state index is 11.8. The fraction of sp³-hybridized carbons (Fsp3) is 0.917. The number of carbonyl (C=O) groups excluding carboxylic acids is 1. The van der Waals surface area contributed by atoms with E-state index in [4.69, 9.17) is 9.47 Å². The minimum Gasteiger partial charge on any atom is -0.436 e. The van der Waals surface area contributed by atoms with Crippen LogP contribution in [0.25, 0.3) is 0 Å². The van der Waals surface area contributed by atoms with Crippen LogP contribution in [0.15, 0.2) is 0 Å². The fourth-order valence-corrected chi connectivity index (χ4v) is 1.39. The molecular weight excluding hydrogens is 192 g/mol. The van der Waals surface area contributed by atoms with Gasteiger partial charge in [0.15, 0.2) is 0 Å². The smallest absolute Gasteiger partial charge is 0.311 e. The van der Waals surface area contributed by atoms with Gasteiger partial charge in [-0.1, -0.05) is 27.7 Å². The standard InChI is InChI=1S/C12H22O3/c1-9(12(2,3)4)11(13)15-10-7-5-6-8-14-10/h9-10H,5-8H2,1-4H3. The zero-order valence-corrected chi connectivity index (χ0v) is 10.2. The van der Waals surface area contributed by atoms with Gasteiger partial charge in [-0.3, -0.25) is 4.79 Å². The summed E-state index contributed by atoms with van der Waals surface area (Å²) in [7, 11) is 0. The predicted octanol–water partition coefficient (Wildman–Crippen LogP) is 2.74. The van der Waals surface area contributed by atoms with E-state index in [1.54, 1.807) is 0 Å². The first-order valence-corrected chi connectivity index (χ1v) is 5.73. The van der Waals surface area contributed by atoms with Crippen LogP contribution in [0.2, 0.25) is 0 Å². The molecule has 0 spiro atoms. The molecule has 3 nitrogen and oxygen atoms in total. The molecule has 1 heterocycles. The molecule has 1 rings (SSSR count). The van der Waals surface area contributed by atoms with Crippen molar-refractivity contribution < 1.29 is 14.3 Å². The van der Waals surface area contributed by atoms with Crippen LogP contribution in [0.5, 0.6) is 0 Å². The molecule has 0 bridgehead atoms. The van der Waals surface area contributed by atoms with E-state index in [0.29, 0.717) is 6.61 Å². The summed E-state index contributed by atoms with van der Waals surface area (Å²) in [4.78, 5) is 11.8. The molecule has 0 aromatic carbocycles. The number of rotatable bonds is 2. The fourth-order valence-electron chi connectivity index (χ4n) is 1.39. The Kier molecular flexibility index (Phi) is 4.14. The van der Waals surface area contributed by atoms with Gasteiger partial charge in [0.1, 0.15) is 0 Å². The summed E-state index contributed by atoms with van der Waals surface area (Å²) in [6.45, 7) is 8.75. The van der Waals surface area contributed by atoms with E-state index >= 15 is 0 Å². The lowest BCUT2D eigenvalue weighted by molar-refractivity contribution is -0.193. The van der Waals surface area contributed by atoms with E-state index in [1.165, 1.54) is 0 Å². The highest BCUT2D eigenvalue weighted by Crippen LogP contribution is 2.27. The monoisotopic (exact) mass is 214 g/mol. The Morgan fingerprint density at radius 1 is 1.40 bits per heavy atom. The van der Waals surface area contributed by atoms with Crippen LogP contribution in [0.4, 0.5) is 0 Å². The van der Waals surface area contributed by atoms with Gasteiger partial charge in [-0.25, -0.2) is 0 Å². The Morgan fingerprint density at radius 3 is 2.53 bits per heavy atom. The van der Waals surface area contributed by atoms with Gasteiger partial charge >= 0.3 is 5.97 Å². The van der Waals surface area contributed by atoms with E-state index in [2.05, 4.69) is 0 Å². The van der Waals surface area contributed by atoms with Gasteiger partial charge in [0, 0.05) is 6.42 Å². The van der Waals surface area contributed by atoms with E-state index < -0.39 is 0 Å². The van der Waals surface area contributed by atoms with Crippen molar-refractivity contribution >= 4 is 5.97 Å². The Morgan fingerprint density at radius 2 is 2.07 bits per heavy atom. The molecule has 15 heavy (non-hydrogen) atoms. The molecule has 0 radical (unpaired) electrons. The second-order valence-electron chi connectivity index (χ2n) is 5.32. The molecule has 2 unspecified atom stereocenters. The summed E-state index contributed by atoms with van der Waals surface area (Å²) >= 11 is 0. The third kappa shape index (κ3) is 3.82. The third-order valence-corrected chi connectivity index (χ3v) is 3.04. The van der Waals surface area contributed by atoms with Crippen molar-refractivity contribution in [3.8, 4) is 0 Å². The van der Waals surface area contributed by atoms with Gasteiger partial charge in [-0.05, 0) is 18.3 Å². The number of carbonyl (C=O) groups is 1. The second kappa shape index (κ2) is 4.97. The molecular formula is C12H22O3. The van der Waals surface area contributed by atoms with Crippen LogP contribution in [0, 0.1) is 11.3 Å². The maximum Gasteiger partial charge on any atom is 0.311 e. The van der Waals surface area contributed by atoms with E-state index in [1.807, 2.05) is 27.7 Å². The maximum absolute atomic E-state index is 11.8. The highest BCUT2D eigenvalue weighted by atomic mass is 16.7. The Labute approximate surface area is 92.1 Å². The van der Waals surface area contributed by atoms with Crippen molar-refractivity contribution in [2.24, 2.45) is 11.3 Å². The van der Waals surface area contributed by atoms with Gasteiger partial charge in [-0.15, -0.1) is 0 Å². The molecule has 0 N–H and O–H groups in total. The highest BCUT2D eigenvalue weighted by molar-refractivity contribution is 5.72. The van der Waals surface area contributed by atoms with Gasteiger partial charge < -0.3 is 9.47 Å². The number of esters is 1. The van der Waals surface area contributed by atoms with E-state index in [0.717, 1.165) is 19.3 Å². The van der Waals surface area contributed by atoms with Crippen LogP contribution in [0.3, 0.4) is 0 Å². The summed E-state index contributed by atoms with van der Waals surface area (Å²) in [5.41, 5.74) is -0.0499. The summed E-state index contributed by atoms with van der Waals surface area (Å²) in [6.07, 6.45) is 2.68. The number of ether oxygens (including phenoxy) is 2. The molecule has 1 aliphatic heterocycles. The van der Waals surface area contributed by atoms with Crippen molar-refractivity contribution in [3.63, 3.8) is 0 Å². The largest absolute Gasteiger partial charge is 0.436 e. The van der Waals surface area contributed by atoms with Gasteiger partial charge in [0.2, 0.25) is 6.29 Å². The molecule has 88 valence electrons. The molecule has 0 aromatic rings. The van der Waals surface area contributed by atoms with Crippen molar-refractivity contribution in [1.82, 2.24) is 0 Å². The first kappa shape index (κ1) is 12.5. The van der Waals surface area contributed by atoms with Crippen molar-refractivity contribution in [1.29, 1.82) is 0 Å². The summed E-state index contributed by atoms with van der Waals surface area (Å²) in [6, 6.07) is 0. The van der Waals surface area contributed by atoms with Crippen LogP contribution >= 0.6 is 0 Å². The van der Waals surface area contributed by atoms with E-state index in [9.17, 15) is 4.79 Å². The molecule has 1 aliphatic rings. The zero-order valence-electron chi connectivity index (χ0n) is 10.2. The first-order valence-electron chi connectivity index (χ1n) is 5.73. The minimum atomic E-state index is -0.309. The zero-order chi connectivity index (χ0) is 11.5. The number of hydrogen-bond donors (Lipinski definition) is 0. The lowest BCUT2D eigenvalue weighted by atomic mass is 9.82. The third-order valence-electron chi connectivity index (χ3n) is 3.04. The molecule has 0 aromatic heterocycles. The second-order valence-corrected chi connectivity index (χ2v) is 5.32. The van der Waals surface area contributed by atoms with Gasteiger partial charge in [0.25, 0.3) is 0 Å². The SMILES string of the molecule is CC(C(=O)OC1CCCCO1)C(C)(C)C. The van der Waals surface area contributed by atoms with Gasteiger partial charge in [0.05, 0.1) is 12.5 Å². The molecule has 0 aliphatic carbocycles. The molecule has 0 saturated carbocycles. The number of hydrogen-bond acceptors (Lipinski definition) is 3. The average Bonchev–Trinajstić information content (AvgIpc) is 2.16. The minimum absolute atomic E-state index is 0.0499. The lowest BCUT2D eigenvalue weighted by Crippen LogP contribution is -2.33. The lowest BCUT2D eigenvalue weighted by Gasteiger charge is -2.29. The average molecular weight is 214 g/mol.